The summed E-state index contributed by atoms with van der Waals surface area (Å²) in [7, 11) is 1.56. The Balaban J connectivity index is 3.00. The Morgan fingerprint density at radius 3 is 1.80 bits per heavy atom. The van der Waals surface area contributed by atoms with Crippen LogP contribution in [0.4, 0.5) is 0 Å². The van der Waals surface area contributed by atoms with E-state index in [9.17, 15) is 0 Å². The van der Waals surface area contributed by atoms with Gasteiger partial charge in [0.25, 0.3) is 0 Å². The first-order chi connectivity index (χ1) is 12.2. The normalized spacial score (nSPS) is 29.1. The lowest BCUT2D eigenvalue weighted by Crippen LogP contribution is -2.61. The number of rotatable bonds is 14. The second kappa shape index (κ2) is 13.0. The Bertz CT molecular complexity index is 411. The molecule has 6 heteroatoms. The smallest absolute Gasteiger partial charge is 0.186 e. The van der Waals surface area contributed by atoms with Gasteiger partial charge in [0.1, 0.15) is 24.4 Å². The Labute approximate surface area is 150 Å². The van der Waals surface area contributed by atoms with E-state index in [0.717, 1.165) is 0 Å². The second-order valence-corrected chi connectivity index (χ2v) is 5.36. The lowest BCUT2D eigenvalue weighted by molar-refractivity contribution is -0.314. The zero-order valence-corrected chi connectivity index (χ0v) is 15.0. The minimum absolute atomic E-state index is 0.315. The maximum atomic E-state index is 6.01. The molecule has 142 valence electrons. The summed E-state index contributed by atoms with van der Waals surface area (Å²) in [6, 6.07) is 0. The maximum absolute atomic E-state index is 6.01. The van der Waals surface area contributed by atoms with Gasteiger partial charge in [0.05, 0.1) is 33.0 Å². The van der Waals surface area contributed by atoms with Crippen molar-refractivity contribution in [2.75, 3.05) is 40.1 Å². The lowest BCUT2D eigenvalue weighted by Gasteiger charge is -2.45. The Morgan fingerprint density at radius 1 is 0.760 bits per heavy atom. The van der Waals surface area contributed by atoms with Gasteiger partial charge < -0.3 is 28.4 Å². The predicted molar refractivity (Wildman–Crippen MR) is 96.5 cm³/mol. The average Bonchev–Trinajstić information content (AvgIpc) is 2.63. The summed E-state index contributed by atoms with van der Waals surface area (Å²) in [5.74, 6) is 0. The van der Waals surface area contributed by atoms with Crippen LogP contribution >= 0.6 is 0 Å². The Morgan fingerprint density at radius 2 is 1.28 bits per heavy atom. The first-order valence-electron chi connectivity index (χ1n) is 8.27. The van der Waals surface area contributed by atoms with Gasteiger partial charge in [-0.25, -0.2) is 0 Å². The van der Waals surface area contributed by atoms with Gasteiger partial charge in [-0.15, -0.1) is 26.3 Å². The molecule has 0 spiro atoms. The molecule has 0 aromatic carbocycles. The Hall–Kier alpha value is -1.28. The van der Waals surface area contributed by atoms with Crippen LogP contribution in [-0.2, 0) is 28.4 Å². The third-order valence-corrected chi connectivity index (χ3v) is 3.56. The average molecular weight is 354 g/mol. The van der Waals surface area contributed by atoms with E-state index in [1.54, 1.807) is 31.4 Å². The number of hydrogen-bond donors (Lipinski definition) is 0. The van der Waals surface area contributed by atoms with Crippen LogP contribution in [0.2, 0.25) is 0 Å². The molecule has 0 unspecified atom stereocenters. The summed E-state index contributed by atoms with van der Waals surface area (Å²) >= 11 is 0. The van der Waals surface area contributed by atoms with Crippen LogP contribution < -0.4 is 0 Å². The summed E-state index contributed by atoms with van der Waals surface area (Å²) in [5.41, 5.74) is 0. The van der Waals surface area contributed by atoms with Crippen LogP contribution in [0.25, 0.3) is 0 Å². The van der Waals surface area contributed by atoms with E-state index >= 15 is 0 Å². The minimum atomic E-state index is -0.615. The third kappa shape index (κ3) is 6.86. The molecule has 0 aliphatic carbocycles. The molecule has 1 heterocycles. The molecule has 0 aromatic rings. The van der Waals surface area contributed by atoms with E-state index in [1.165, 1.54) is 0 Å². The van der Waals surface area contributed by atoms with Crippen LogP contribution in [0.15, 0.2) is 50.6 Å². The fraction of sp³-hybridized carbons (Fsp3) is 0.579. The highest BCUT2D eigenvalue weighted by molar-refractivity contribution is 4.94. The summed E-state index contributed by atoms with van der Waals surface area (Å²) in [4.78, 5) is 0. The first-order valence-corrected chi connectivity index (χ1v) is 8.27. The molecular formula is C19H30O6. The third-order valence-electron chi connectivity index (χ3n) is 3.56. The second-order valence-electron chi connectivity index (χ2n) is 5.36. The van der Waals surface area contributed by atoms with Gasteiger partial charge in [-0.1, -0.05) is 24.3 Å². The van der Waals surface area contributed by atoms with Crippen molar-refractivity contribution in [2.24, 2.45) is 0 Å². The number of ether oxygens (including phenoxy) is 6. The fourth-order valence-corrected chi connectivity index (χ4v) is 2.57. The molecule has 1 aliphatic heterocycles. The molecule has 1 rings (SSSR count). The van der Waals surface area contributed by atoms with Crippen molar-refractivity contribution in [3.8, 4) is 0 Å². The van der Waals surface area contributed by atoms with Gasteiger partial charge in [-0.2, -0.15) is 0 Å². The van der Waals surface area contributed by atoms with E-state index in [1.807, 2.05) is 0 Å². The van der Waals surface area contributed by atoms with Crippen molar-refractivity contribution in [3.05, 3.63) is 50.6 Å². The number of methoxy groups -OCH3 is 1. The van der Waals surface area contributed by atoms with Gasteiger partial charge in [0.15, 0.2) is 6.29 Å². The minimum Gasteiger partial charge on any atom is -0.375 e. The number of hydrogen-bond acceptors (Lipinski definition) is 6. The molecule has 25 heavy (non-hydrogen) atoms. The van der Waals surface area contributed by atoms with Gasteiger partial charge in [-0.3, -0.25) is 0 Å². The van der Waals surface area contributed by atoms with Gasteiger partial charge in [-0.05, 0) is 0 Å². The molecule has 0 saturated carbocycles. The van der Waals surface area contributed by atoms with E-state index in [-0.39, 0.29) is 6.10 Å². The zero-order valence-electron chi connectivity index (χ0n) is 15.0. The monoisotopic (exact) mass is 354 g/mol. The van der Waals surface area contributed by atoms with Gasteiger partial charge in [0.2, 0.25) is 0 Å². The van der Waals surface area contributed by atoms with Crippen LogP contribution in [0, 0.1) is 0 Å². The molecule has 0 bridgehead atoms. The maximum Gasteiger partial charge on any atom is 0.186 e. The van der Waals surface area contributed by atoms with E-state index in [4.69, 9.17) is 28.4 Å². The largest absolute Gasteiger partial charge is 0.375 e. The van der Waals surface area contributed by atoms with E-state index < -0.39 is 24.6 Å². The van der Waals surface area contributed by atoms with E-state index in [0.29, 0.717) is 33.0 Å². The van der Waals surface area contributed by atoms with Crippen molar-refractivity contribution in [1.29, 1.82) is 0 Å². The van der Waals surface area contributed by atoms with Crippen molar-refractivity contribution in [3.63, 3.8) is 0 Å². The molecule has 0 N–H and O–H groups in total. The summed E-state index contributed by atoms with van der Waals surface area (Å²) in [6.07, 6.45) is 4.38. The Kier molecular flexibility index (Phi) is 11.3. The molecule has 1 aliphatic rings. The zero-order chi connectivity index (χ0) is 18.5. The van der Waals surface area contributed by atoms with Crippen LogP contribution in [0.1, 0.15) is 0 Å². The highest BCUT2D eigenvalue weighted by Gasteiger charge is 2.48. The highest BCUT2D eigenvalue weighted by Crippen LogP contribution is 2.29. The first kappa shape index (κ1) is 21.8. The van der Waals surface area contributed by atoms with Crippen molar-refractivity contribution in [1.82, 2.24) is 0 Å². The standard InChI is InChI=1S/C19H30O6/c1-6-10-21-14-15-16(22-11-7-2)17(23-12-8-3)18(24-13-9-4)19(20-5)25-15/h6-9,15-19H,1-4,10-14H2,5H3/t15-,16+,17+,18-,19+/m1/s1. The molecule has 5 atom stereocenters. The molecule has 6 nitrogen and oxygen atoms in total. The fourth-order valence-electron chi connectivity index (χ4n) is 2.57. The topological polar surface area (TPSA) is 55.4 Å². The van der Waals surface area contributed by atoms with Crippen LogP contribution in [0.3, 0.4) is 0 Å². The quantitative estimate of drug-likeness (QED) is 0.352. The highest BCUT2D eigenvalue weighted by atomic mass is 16.7. The van der Waals surface area contributed by atoms with E-state index in [2.05, 4.69) is 26.3 Å². The molecule has 1 saturated heterocycles. The summed E-state index contributed by atoms with van der Waals surface area (Å²) in [5, 5.41) is 0. The van der Waals surface area contributed by atoms with Crippen molar-refractivity contribution < 1.29 is 28.4 Å². The van der Waals surface area contributed by atoms with Crippen molar-refractivity contribution >= 4 is 0 Å². The SMILES string of the molecule is C=CCOC[C@H]1O[C@H](OC)[C@H](OCC=C)[C@@H](OCC=C)[C@H]1OCC=C. The molecular weight excluding hydrogens is 324 g/mol. The van der Waals surface area contributed by atoms with Gasteiger partial charge >= 0.3 is 0 Å². The molecule has 0 aromatic heterocycles. The lowest BCUT2D eigenvalue weighted by atomic mass is 9.98. The predicted octanol–water partition coefficient (Wildman–Crippen LogP) is 2.27. The van der Waals surface area contributed by atoms with Crippen LogP contribution in [-0.4, -0.2) is 70.9 Å². The van der Waals surface area contributed by atoms with Gasteiger partial charge in [0, 0.05) is 7.11 Å². The van der Waals surface area contributed by atoms with Crippen LogP contribution in [0.5, 0.6) is 0 Å². The summed E-state index contributed by atoms with van der Waals surface area (Å²) in [6.45, 7) is 16.5. The molecule has 0 radical (unpaired) electrons. The molecule has 0 amide bonds. The van der Waals surface area contributed by atoms with Crippen molar-refractivity contribution in [2.45, 2.75) is 30.7 Å². The summed E-state index contributed by atoms with van der Waals surface area (Å²) < 4.78 is 34.7. The molecule has 1 fully saturated rings.